The van der Waals surface area contributed by atoms with Gasteiger partial charge in [0, 0.05) is 15.4 Å². The molecule has 0 spiro atoms. The van der Waals surface area contributed by atoms with Crippen LogP contribution < -0.4 is 5.32 Å². The zero-order chi connectivity index (χ0) is 13.9. The van der Waals surface area contributed by atoms with Gasteiger partial charge in [0.1, 0.15) is 5.84 Å². The average molecular weight is 394 g/mol. The normalized spacial score (nSPS) is 20.1. The molecule has 0 aliphatic carbocycles. The lowest BCUT2D eigenvalue weighted by molar-refractivity contribution is 0.674. The van der Waals surface area contributed by atoms with Crippen molar-refractivity contribution in [2.24, 2.45) is 4.99 Å². The third-order valence-corrected chi connectivity index (χ3v) is 4.51. The fourth-order valence-electron chi connectivity index (χ4n) is 2.37. The third-order valence-electron chi connectivity index (χ3n) is 3.38. The Morgan fingerprint density at radius 1 is 1.05 bits per heavy atom. The predicted octanol–water partition coefficient (Wildman–Crippen LogP) is 5.37. The van der Waals surface area contributed by atoms with Crippen LogP contribution in [0.25, 0.3) is 0 Å². The van der Waals surface area contributed by atoms with E-state index >= 15 is 0 Å². The van der Waals surface area contributed by atoms with Crippen molar-refractivity contribution in [1.82, 2.24) is 5.32 Å². The van der Waals surface area contributed by atoms with Gasteiger partial charge in [0.05, 0.1) is 11.7 Å². The van der Waals surface area contributed by atoms with Gasteiger partial charge in [-0.2, -0.15) is 0 Å². The zero-order valence-corrected chi connectivity index (χ0v) is 14.0. The second-order valence-electron chi connectivity index (χ2n) is 4.80. The summed E-state index contributed by atoms with van der Waals surface area (Å²) in [4.78, 5) is 4.71. The highest BCUT2D eigenvalue weighted by Crippen LogP contribution is 2.31. The fraction of sp³-hybridized carbons (Fsp3) is 0.188. The summed E-state index contributed by atoms with van der Waals surface area (Å²) in [5.41, 5.74) is 2.29. The van der Waals surface area contributed by atoms with Crippen molar-refractivity contribution in [2.45, 2.75) is 18.9 Å². The number of hydrogen-bond acceptors (Lipinski definition) is 1. The van der Waals surface area contributed by atoms with E-state index in [1.807, 2.05) is 24.3 Å². The van der Waals surface area contributed by atoms with E-state index in [2.05, 4.69) is 61.4 Å². The van der Waals surface area contributed by atoms with Crippen LogP contribution >= 0.6 is 31.9 Å². The zero-order valence-electron chi connectivity index (χ0n) is 10.8. The van der Waals surface area contributed by atoms with Gasteiger partial charge in [-0.3, -0.25) is 0 Å². The van der Waals surface area contributed by atoms with Crippen molar-refractivity contribution in [3.63, 3.8) is 0 Å². The standard InChI is InChI=1S/C16H14Br2N2/c17-12-6-7-15(13(18)10-12)20-16-9-8-14(19-16)11-4-2-1-3-5-11/h1-7,10,14H,8-9H2,(H,19,20). The number of nitrogens with one attached hydrogen (secondary N) is 1. The largest absolute Gasteiger partial charge is 0.367 e. The fourth-order valence-corrected chi connectivity index (χ4v) is 3.50. The molecule has 1 saturated heterocycles. The van der Waals surface area contributed by atoms with Gasteiger partial charge in [-0.05, 0) is 46.1 Å². The highest BCUT2D eigenvalue weighted by molar-refractivity contribution is 9.11. The lowest BCUT2D eigenvalue weighted by atomic mass is 10.1. The Kier molecular flexibility index (Phi) is 4.22. The minimum absolute atomic E-state index is 0.379. The molecule has 1 atom stereocenters. The first kappa shape index (κ1) is 13.8. The lowest BCUT2D eigenvalue weighted by Gasteiger charge is -2.10. The number of aliphatic imine (C=N–C) groups is 1. The van der Waals surface area contributed by atoms with Crippen LogP contribution in [-0.4, -0.2) is 5.84 Å². The van der Waals surface area contributed by atoms with Crippen LogP contribution in [0.15, 0.2) is 62.5 Å². The first-order valence-corrected chi connectivity index (χ1v) is 8.15. The predicted molar refractivity (Wildman–Crippen MR) is 90.5 cm³/mol. The van der Waals surface area contributed by atoms with Crippen LogP contribution in [0, 0.1) is 0 Å². The number of hydrogen-bond donors (Lipinski definition) is 1. The van der Waals surface area contributed by atoms with Crippen molar-refractivity contribution < 1.29 is 0 Å². The molecular formula is C16H14Br2N2. The van der Waals surface area contributed by atoms with Crippen LogP contribution in [0.2, 0.25) is 0 Å². The Morgan fingerprint density at radius 3 is 2.60 bits per heavy atom. The number of halogens is 2. The quantitative estimate of drug-likeness (QED) is 0.728. The Balaban J connectivity index is 1.78. The molecule has 0 bridgehead atoms. The first-order valence-electron chi connectivity index (χ1n) is 6.56. The van der Waals surface area contributed by atoms with E-state index in [1.54, 1.807) is 0 Å². The van der Waals surface area contributed by atoms with Gasteiger partial charge in [-0.15, -0.1) is 0 Å². The molecule has 4 heteroatoms. The van der Waals surface area contributed by atoms with E-state index in [4.69, 9.17) is 4.99 Å². The molecule has 0 saturated carbocycles. The summed E-state index contributed by atoms with van der Waals surface area (Å²) in [5, 5.41) is 3.51. The number of nitrogens with zero attached hydrogens (tertiary/aromatic N) is 1. The van der Waals surface area contributed by atoms with Crippen molar-refractivity contribution in [2.75, 3.05) is 0 Å². The van der Waals surface area contributed by atoms with Crippen LogP contribution in [-0.2, 0) is 0 Å². The van der Waals surface area contributed by atoms with E-state index in [1.165, 1.54) is 5.56 Å². The number of rotatable bonds is 2. The van der Waals surface area contributed by atoms with Crippen LogP contribution in [0.4, 0.5) is 5.69 Å². The third kappa shape index (κ3) is 3.13. The summed E-state index contributed by atoms with van der Waals surface area (Å²) in [7, 11) is 0. The van der Waals surface area contributed by atoms with Crippen molar-refractivity contribution in [3.8, 4) is 0 Å². The second kappa shape index (κ2) is 6.10. The molecule has 1 heterocycles. The molecule has 20 heavy (non-hydrogen) atoms. The smallest absolute Gasteiger partial charge is 0.103 e. The number of benzene rings is 2. The van der Waals surface area contributed by atoms with Gasteiger partial charge in [-0.1, -0.05) is 46.3 Å². The van der Waals surface area contributed by atoms with E-state index in [0.29, 0.717) is 6.04 Å². The van der Waals surface area contributed by atoms with E-state index in [-0.39, 0.29) is 0 Å². The van der Waals surface area contributed by atoms with Gasteiger partial charge in [-0.25, -0.2) is 4.99 Å². The van der Waals surface area contributed by atoms with Gasteiger partial charge < -0.3 is 5.32 Å². The summed E-state index contributed by atoms with van der Waals surface area (Å²) in [5.74, 6) is 1.06. The molecule has 1 unspecified atom stereocenters. The van der Waals surface area contributed by atoms with Gasteiger partial charge in [0.15, 0.2) is 0 Å². The summed E-state index contributed by atoms with van der Waals surface area (Å²) in [6, 6.07) is 17.0. The van der Waals surface area contributed by atoms with Crippen LogP contribution in [0.5, 0.6) is 0 Å². The molecule has 0 amide bonds. The van der Waals surface area contributed by atoms with Gasteiger partial charge >= 0.3 is 0 Å². The Bertz CT molecular complexity index is 638. The molecule has 2 nitrogen and oxygen atoms in total. The molecule has 0 radical (unpaired) electrons. The number of amidine groups is 1. The average Bonchev–Trinajstić information content (AvgIpc) is 2.92. The Labute approximate surface area is 135 Å². The molecule has 1 N–H and O–H groups in total. The van der Waals surface area contributed by atoms with Crippen molar-refractivity contribution in [3.05, 3.63) is 63.0 Å². The minimum Gasteiger partial charge on any atom is -0.367 e. The summed E-state index contributed by atoms with van der Waals surface area (Å²) in [6.07, 6.45) is 2.08. The molecule has 0 aromatic heterocycles. The van der Waals surface area contributed by atoms with E-state index in [0.717, 1.165) is 33.3 Å². The molecule has 102 valence electrons. The molecular weight excluding hydrogens is 380 g/mol. The van der Waals surface area contributed by atoms with Gasteiger partial charge in [0.25, 0.3) is 0 Å². The maximum atomic E-state index is 4.71. The van der Waals surface area contributed by atoms with Crippen LogP contribution in [0.1, 0.15) is 24.4 Å². The minimum atomic E-state index is 0.379. The topological polar surface area (TPSA) is 24.4 Å². The molecule has 1 aliphatic rings. The molecule has 1 aliphatic heterocycles. The Hall–Kier alpha value is -1.13. The molecule has 1 fully saturated rings. The molecule has 2 aromatic carbocycles. The highest BCUT2D eigenvalue weighted by Gasteiger charge is 2.20. The van der Waals surface area contributed by atoms with E-state index < -0.39 is 0 Å². The summed E-state index contributed by atoms with van der Waals surface area (Å²) in [6.45, 7) is 0. The Morgan fingerprint density at radius 2 is 1.85 bits per heavy atom. The second-order valence-corrected chi connectivity index (χ2v) is 6.57. The summed E-state index contributed by atoms with van der Waals surface area (Å²) < 4.78 is 2.05. The van der Waals surface area contributed by atoms with Crippen molar-refractivity contribution in [1.29, 1.82) is 0 Å². The lowest BCUT2D eigenvalue weighted by Crippen LogP contribution is -2.18. The van der Waals surface area contributed by atoms with Gasteiger partial charge in [0.2, 0.25) is 0 Å². The van der Waals surface area contributed by atoms with Crippen LogP contribution in [0.3, 0.4) is 0 Å². The first-order chi connectivity index (χ1) is 9.72. The van der Waals surface area contributed by atoms with Crippen molar-refractivity contribution >= 4 is 43.4 Å². The molecule has 2 aromatic rings. The monoisotopic (exact) mass is 392 g/mol. The highest BCUT2D eigenvalue weighted by atomic mass is 79.9. The SMILES string of the molecule is Brc1ccc(/N=C2/CCC(c3ccccc3)N2)c(Br)c1. The van der Waals surface area contributed by atoms with E-state index in [9.17, 15) is 0 Å². The summed E-state index contributed by atoms with van der Waals surface area (Å²) >= 11 is 7.00. The molecule has 3 rings (SSSR count). The maximum Gasteiger partial charge on any atom is 0.103 e. The maximum absolute atomic E-state index is 4.71.